The molecular formula is C13H18N4O. The van der Waals surface area contributed by atoms with Crippen LogP contribution in [0.4, 0.5) is 0 Å². The maximum atomic E-state index is 9.92. The van der Waals surface area contributed by atoms with E-state index in [0.717, 1.165) is 43.6 Å². The number of aromatic nitrogens is 4. The molecule has 1 aliphatic rings. The van der Waals surface area contributed by atoms with Crippen LogP contribution in [0.5, 0.6) is 0 Å². The van der Waals surface area contributed by atoms with Gasteiger partial charge in [-0.1, -0.05) is 0 Å². The molecule has 1 N–H and O–H groups in total. The second-order valence-corrected chi connectivity index (χ2v) is 4.90. The van der Waals surface area contributed by atoms with Gasteiger partial charge in [-0.15, -0.1) is 0 Å². The van der Waals surface area contributed by atoms with E-state index in [1.807, 2.05) is 13.1 Å². The fourth-order valence-corrected chi connectivity index (χ4v) is 2.66. The van der Waals surface area contributed by atoms with Gasteiger partial charge in [0, 0.05) is 37.5 Å². The van der Waals surface area contributed by atoms with Gasteiger partial charge < -0.3 is 9.67 Å². The lowest BCUT2D eigenvalue weighted by Crippen LogP contribution is -2.13. The van der Waals surface area contributed by atoms with Gasteiger partial charge in [0.15, 0.2) is 5.82 Å². The van der Waals surface area contributed by atoms with Crippen LogP contribution in [0.2, 0.25) is 0 Å². The van der Waals surface area contributed by atoms with Gasteiger partial charge >= 0.3 is 0 Å². The van der Waals surface area contributed by atoms with E-state index in [-0.39, 0.29) is 6.10 Å². The predicted octanol–water partition coefficient (Wildman–Crippen LogP) is 1.23. The van der Waals surface area contributed by atoms with Crippen LogP contribution in [-0.4, -0.2) is 24.4 Å². The van der Waals surface area contributed by atoms with Gasteiger partial charge in [0.1, 0.15) is 6.33 Å². The van der Waals surface area contributed by atoms with E-state index in [1.165, 1.54) is 5.69 Å². The molecule has 2 aromatic rings. The molecule has 0 aromatic carbocycles. The Morgan fingerprint density at radius 2 is 2.39 bits per heavy atom. The molecule has 0 spiro atoms. The third-order valence-corrected chi connectivity index (χ3v) is 3.59. The lowest BCUT2D eigenvalue weighted by molar-refractivity contribution is 0.155. The summed E-state index contributed by atoms with van der Waals surface area (Å²) in [6.45, 7) is 0.881. The summed E-state index contributed by atoms with van der Waals surface area (Å²) in [6.07, 6.45) is 7.38. The average Bonchev–Trinajstić information content (AvgIpc) is 2.94. The molecule has 1 aliphatic carbocycles. The van der Waals surface area contributed by atoms with Crippen molar-refractivity contribution in [1.82, 2.24) is 19.3 Å². The number of aryl methyl sites for hydroxylation is 3. The fourth-order valence-electron chi connectivity index (χ4n) is 2.66. The Bertz CT molecular complexity index is 543. The maximum absolute atomic E-state index is 9.92. The SMILES string of the molecule is Cn1cnc(CCn2ccc3c2CCCC3O)n1. The van der Waals surface area contributed by atoms with Crippen molar-refractivity contribution < 1.29 is 5.11 Å². The predicted molar refractivity (Wildman–Crippen MR) is 67.0 cm³/mol. The van der Waals surface area contributed by atoms with Crippen LogP contribution in [0.15, 0.2) is 18.6 Å². The van der Waals surface area contributed by atoms with Gasteiger partial charge in [0.05, 0.1) is 6.10 Å². The minimum Gasteiger partial charge on any atom is -0.388 e. The Morgan fingerprint density at radius 3 is 3.17 bits per heavy atom. The van der Waals surface area contributed by atoms with Crippen molar-refractivity contribution in [3.8, 4) is 0 Å². The molecule has 18 heavy (non-hydrogen) atoms. The highest BCUT2D eigenvalue weighted by Crippen LogP contribution is 2.30. The number of rotatable bonds is 3. The van der Waals surface area contributed by atoms with Crippen molar-refractivity contribution >= 4 is 0 Å². The van der Waals surface area contributed by atoms with E-state index < -0.39 is 0 Å². The molecule has 5 heteroatoms. The van der Waals surface area contributed by atoms with Crippen LogP contribution < -0.4 is 0 Å². The fraction of sp³-hybridized carbons (Fsp3) is 0.538. The minimum atomic E-state index is -0.275. The van der Waals surface area contributed by atoms with Crippen molar-refractivity contribution in [1.29, 1.82) is 0 Å². The van der Waals surface area contributed by atoms with Crippen molar-refractivity contribution in [2.45, 2.75) is 38.3 Å². The highest BCUT2D eigenvalue weighted by molar-refractivity contribution is 5.27. The Morgan fingerprint density at radius 1 is 1.50 bits per heavy atom. The molecule has 1 unspecified atom stereocenters. The quantitative estimate of drug-likeness (QED) is 0.886. The Kier molecular flexibility index (Phi) is 2.91. The zero-order valence-corrected chi connectivity index (χ0v) is 10.6. The third-order valence-electron chi connectivity index (χ3n) is 3.59. The zero-order valence-electron chi connectivity index (χ0n) is 10.6. The first-order valence-corrected chi connectivity index (χ1v) is 6.44. The first-order valence-electron chi connectivity index (χ1n) is 6.44. The molecule has 0 amide bonds. The smallest absolute Gasteiger partial charge is 0.152 e. The summed E-state index contributed by atoms with van der Waals surface area (Å²) >= 11 is 0. The van der Waals surface area contributed by atoms with Crippen molar-refractivity contribution in [3.63, 3.8) is 0 Å². The van der Waals surface area contributed by atoms with E-state index in [0.29, 0.717) is 0 Å². The topological polar surface area (TPSA) is 55.9 Å². The monoisotopic (exact) mass is 246 g/mol. The van der Waals surface area contributed by atoms with Gasteiger partial charge in [-0.05, 0) is 25.3 Å². The number of fused-ring (bicyclic) bond motifs is 1. The minimum absolute atomic E-state index is 0.275. The second kappa shape index (κ2) is 4.57. The van der Waals surface area contributed by atoms with Gasteiger partial charge in [0.2, 0.25) is 0 Å². The molecular weight excluding hydrogens is 228 g/mol. The van der Waals surface area contributed by atoms with E-state index in [9.17, 15) is 5.11 Å². The number of hydrogen-bond acceptors (Lipinski definition) is 3. The molecule has 2 aromatic heterocycles. The van der Waals surface area contributed by atoms with Crippen LogP contribution in [-0.2, 0) is 26.4 Å². The summed E-state index contributed by atoms with van der Waals surface area (Å²) in [5, 5.41) is 14.2. The Hall–Kier alpha value is -1.62. The molecule has 0 fully saturated rings. The molecule has 0 saturated heterocycles. The summed E-state index contributed by atoms with van der Waals surface area (Å²) in [7, 11) is 1.88. The molecule has 5 nitrogen and oxygen atoms in total. The third kappa shape index (κ3) is 2.06. The molecule has 3 rings (SSSR count). The summed E-state index contributed by atoms with van der Waals surface area (Å²) in [5.74, 6) is 0.872. The van der Waals surface area contributed by atoms with Crippen LogP contribution in [0.25, 0.3) is 0 Å². The average molecular weight is 246 g/mol. The number of aliphatic hydroxyl groups excluding tert-OH is 1. The van der Waals surface area contributed by atoms with E-state index in [2.05, 4.69) is 20.8 Å². The van der Waals surface area contributed by atoms with Crippen LogP contribution in [0.3, 0.4) is 0 Å². The molecule has 0 bridgehead atoms. The molecule has 1 atom stereocenters. The molecule has 0 aliphatic heterocycles. The van der Waals surface area contributed by atoms with Crippen LogP contribution >= 0.6 is 0 Å². The first-order chi connectivity index (χ1) is 8.74. The van der Waals surface area contributed by atoms with E-state index in [1.54, 1.807) is 11.0 Å². The Labute approximate surface area is 106 Å². The lowest BCUT2D eigenvalue weighted by Gasteiger charge is -2.19. The second-order valence-electron chi connectivity index (χ2n) is 4.90. The first kappa shape index (κ1) is 11.5. The van der Waals surface area contributed by atoms with Crippen molar-refractivity contribution in [2.24, 2.45) is 7.05 Å². The maximum Gasteiger partial charge on any atom is 0.152 e. The standard InChI is InChI=1S/C13H18N4O/c1-16-9-14-13(15-16)6-8-17-7-5-10-11(17)3-2-4-12(10)18/h5,7,9,12,18H,2-4,6,8H2,1H3. The van der Waals surface area contributed by atoms with Gasteiger partial charge in [0.25, 0.3) is 0 Å². The highest BCUT2D eigenvalue weighted by atomic mass is 16.3. The van der Waals surface area contributed by atoms with Crippen LogP contribution in [0, 0.1) is 0 Å². The zero-order chi connectivity index (χ0) is 12.5. The number of aliphatic hydroxyl groups is 1. The number of hydrogen-bond donors (Lipinski definition) is 1. The van der Waals surface area contributed by atoms with Crippen LogP contribution in [0.1, 0.15) is 36.0 Å². The largest absolute Gasteiger partial charge is 0.388 e. The summed E-state index contributed by atoms with van der Waals surface area (Å²) < 4.78 is 3.96. The van der Waals surface area contributed by atoms with Gasteiger partial charge in [-0.2, -0.15) is 5.10 Å². The summed E-state index contributed by atoms with van der Waals surface area (Å²) in [6, 6.07) is 2.05. The van der Waals surface area contributed by atoms with Gasteiger partial charge in [-0.25, -0.2) is 4.98 Å². The summed E-state index contributed by atoms with van der Waals surface area (Å²) in [5.41, 5.74) is 2.39. The van der Waals surface area contributed by atoms with Crippen molar-refractivity contribution in [3.05, 3.63) is 35.7 Å². The number of nitrogens with zero attached hydrogens (tertiary/aromatic N) is 4. The molecule has 0 saturated carbocycles. The Balaban J connectivity index is 1.73. The molecule has 2 heterocycles. The molecule has 0 radical (unpaired) electrons. The highest BCUT2D eigenvalue weighted by Gasteiger charge is 2.20. The normalized spacial score (nSPS) is 18.9. The van der Waals surface area contributed by atoms with Crippen molar-refractivity contribution in [2.75, 3.05) is 0 Å². The van der Waals surface area contributed by atoms with Gasteiger partial charge in [-0.3, -0.25) is 4.68 Å². The molecule has 96 valence electrons. The van der Waals surface area contributed by atoms with E-state index >= 15 is 0 Å². The summed E-state index contributed by atoms with van der Waals surface area (Å²) in [4.78, 5) is 4.23. The lowest BCUT2D eigenvalue weighted by atomic mass is 9.95. The van der Waals surface area contributed by atoms with E-state index in [4.69, 9.17) is 0 Å².